The molecule has 0 saturated carbocycles. The molecular weight excluding hydrogens is 228 g/mol. The van der Waals surface area contributed by atoms with Gasteiger partial charge in [-0.15, -0.1) is 22.7 Å². The highest BCUT2D eigenvalue weighted by Gasteiger charge is 2.15. The van der Waals surface area contributed by atoms with E-state index in [4.69, 9.17) is 4.74 Å². The molecule has 4 heteroatoms. The van der Waals surface area contributed by atoms with E-state index in [-0.39, 0.29) is 5.78 Å². The van der Waals surface area contributed by atoms with E-state index in [1.54, 1.807) is 13.2 Å². The molecular formula is C11H10O2S2. The lowest BCUT2D eigenvalue weighted by Crippen LogP contribution is -1.96. The van der Waals surface area contributed by atoms with Crippen molar-refractivity contribution in [3.8, 4) is 5.75 Å². The van der Waals surface area contributed by atoms with Crippen LogP contribution in [0.25, 0.3) is 0 Å². The Morgan fingerprint density at radius 3 is 2.73 bits per heavy atom. The van der Waals surface area contributed by atoms with Gasteiger partial charge in [-0.05, 0) is 23.9 Å². The summed E-state index contributed by atoms with van der Waals surface area (Å²) >= 11 is 2.91. The maximum Gasteiger partial charge on any atom is 0.213 e. The van der Waals surface area contributed by atoms with Gasteiger partial charge in [0.05, 0.1) is 16.9 Å². The summed E-state index contributed by atoms with van der Waals surface area (Å²) in [6.07, 6.45) is 0. The van der Waals surface area contributed by atoms with Gasteiger partial charge in [-0.2, -0.15) is 0 Å². The molecule has 2 nitrogen and oxygen atoms in total. The summed E-state index contributed by atoms with van der Waals surface area (Å²) in [5, 5.41) is 3.78. The van der Waals surface area contributed by atoms with Crippen molar-refractivity contribution >= 4 is 28.5 Å². The van der Waals surface area contributed by atoms with Gasteiger partial charge in [-0.25, -0.2) is 0 Å². The lowest BCUT2D eigenvalue weighted by atomic mass is 10.2. The Morgan fingerprint density at radius 2 is 2.20 bits per heavy atom. The van der Waals surface area contributed by atoms with Gasteiger partial charge in [-0.1, -0.05) is 0 Å². The average Bonchev–Trinajstić information content (AvgIpc) is 2.84. The van der Waals surface area contributed by atoms with Gasteiger partial charge in [-0.3, -0.25) is 4.79 Å². The second-order valence-corrected chi connectivity index (χ2v) is 4.94. The summed E-state index contributed by atoms with van der Waals surface area (Å²) in [6, 6.07) is 3.74. The number of carbonyl (C=O) groups is 1. The molecule has 0 unspecified atom stereocenters. The highest BCUT2D eigenvalue weighted by molar-refractivity contribution is 7.16. The van der Waals surface area contributed by atoms with Gasteiger partial charge >= 0.3 is 0 Å². The van der Waals surface area contributed by atoms with Crippen LogP contribution in [0.15, 0.2) is 22.9 Å². The number of hydrogen-bond donors (Lipinski definition) is 0. The second kappa shape index (κ2) is 4.16. The van der Waals surface area contributed by atoms with Crippen LogP contribution in [0, 0.1) is 6.92 Å². The summed E-state index contributed by atoms with van der Waals surface area (Å²) < 4.78 is 5.05. The molecule has 2 aromatic heterocycles. The number of aryl methyl sites for hydroxylation is 1. The smallest absolute Gasteiger partial charge is 0.213 e. The summed E-state index contributed by atoms with van der Waals surface area (Å²) in [5.41, 5.74) is 1.04. The molecule has 0 saturated heterocycles. The first kappa shape index (κ1) is 10.4. The van der Waals surface area contributed by atoms with Crippen molar-refractivity contribution in [2.75, 3.05) is 7.11 Å². The van der Waals surface area contributed by atoms with E-state index in [2.05, 4.69) is 0 Å². The number of thiophene rings is 2. The van der Waals surface area contributed by atoms with Crippen LogP contribution in [0.1, 0.15) is 20.1 Å². The topological polar surface area (TPSA) is 26.3 Å². The summed E-state index contributed by atoms with van der Waals surface area (Å²) in [7, 11) is 1.60. The third-order valence-corrected chi connectivity index (χ3v) is 4.03. The molecule has 0 bridgehead atoms. The summed E-state index contributed by atoms with van der Waals surface area (Å²) in [6.45, 7) is 1.95. The van der Waals surface area contributed by atoms with Gasteiger partial charge < -0.3 is 4.74 Å². The average molecular weight is 238 g/mol. The molecule has 2 rings (SSSR count). The molecule has 0 aliphatic heterocycles. The molecule has 0 N–H and O–H groups in total. The third-order valence-electron chi connectivity index (χ3n) is 2.10. The monoisotopic (exact) mass is 238 g/mol. The largest absolute Gasteiger partial charge is 0.496 e. The van der Waals surface area contributed by atoms with Gasteiger partial charge in [0.2, 0.25) is 5.78 Å². The minimum atomic E-state index is 0.0933. The van der Waals surface area contributed by atoms with Crippen LogP contribution in [0.2, 0.25) is 0 Å². The van der Waals surface area contributed by atoms with Crippen molar-refractivity contribution in [2.24, 2.45) is 0 Å². The summed E-state index contributed by atoms with van der Waals surface area (Å²) in [5.74, 6) is 0.841. The lowest BCUT2D eigenvalue weighted by molar-refractivity contribution is 0.104. The Hall–Kier alpha value is -1.13. The van der Waals surface area contributed by atoms with Gasteiger partial charge in [0.25, 0.3) is 0 Å². The molecule has 0 aliphatic carbocycles. The van der Waals surface area contributed by atoms with E-state index < -0.39 is 0 Å². The van der Waals surface area contributed by atoms with E-state index in [9.17, 15) is 4.79 Å². The first-order chi connectivity index (χ1) is 7.22. The number of carbonyl (C=O) groups excluding carboxylic acids is 1. The predicted octanol–water partition coefficient (Wildman–Crippen LogP) is 3.36. The number of hydrogen-bond acceptors (Lipinski definition) is 4. The highest BCUT2D eigenvalue weighted by Crippen LogP contribution is 2.26. The maximum atomic E-state index is 12.0. The molecule has 0 aliphatic rings. The summed E-state index contributed by atoms with van der Waals surface area (Å²) in [4.78, 5) is 13.6. The lowest BCUT2D eigenvalue weighted by Gasteiger charge is -1.95. The zero-order chi connectivity index (χ0) is 10.8. The SMILES string of the molecule is COc1csc(C(=O)c2sccc2C)c1. The number of ketones is 1. The second-order valence-electron chi connectivity index (χ2n) is 3.11. The van der Waals surface area contributed by atoms with Crippen LogP contribution in [-0.4, -0.2) is 12.9 Å². The van der Waals surface area contributed by atoms with E-state index >= 15 is 0 Å². The van der Waals surface area contributed by atoms with Crippen LogP contribution in [0.4, 0.5) is 0 Å². The maximum absolute atomic E-state index is 12.0. The van der Waals surface area contributed by atoms with E-state index in [1.165, 1.54) is 22.7 Å². The van der Waals surface area contributed by atoms with Gasteiger partial charge in [0.15, 0.2) is 0 Å². The number of ether oxygens (including phenoxy) is 1. The molecule has 0 fully saturated rings. The van der Waals surface area contributed by atoms with Crippen molar-refractivity contribution in [3.63, 3.8) is 0 Å². The molecule has 2 aromatic rings. The molecule has 0 atom stereocenters. The quantitative estimate of drug-likeness (QED) is 0.766. The fraction of sp³-hybridized carbons (Fsp3) is 0.182. The molecule has 0 aromatic carbocycles. The molecule has 0 amide bonds. The Morgan fingerprint density at radius 1 is 1.40 bits per heavy atom. The van der Waals surface area contributed by atoms with Crippen molar-refractivity contribution < 1.29 is 9.53 Å². The zero-order valence-corrected chi connectivity index (χ0v) is 10.1. The van der Waals surface area contributed by atoms with E-state index in [0.717, 1.165) is 21.1 Å². The van der Waals surface area contributed by atoms with Gasteiger partial charge in [0, 0.05) is 11.4 Å². The normalized spacial score (nSPS) is 10.3. The predicted molar refractivity (Wildman–Crippen MR) is 63.4 cm³/mol. The molecule has 78 valence electrons. The van der Waals surface area contributed by atoms with Crippen molar-refractivity contribution in [3.05, 3.63) is 38.2 Å². The standard InChI is InChI=1S/C11H10O2S2/c1-7-3-4-14-11(7)10(12)9-5-8(13-2)6-15-9/h3-6H,1-2H3. The van der Waals surface area contributed by atoms with Crippen LogP contribution >= 0.6 is 22.7 Å². The van der Waals surface area contributed by atoms with Crippen molar-refractivity contribution in [2.45, 2.75) is 6.92 Å². The Labute approximate surface area is 96.1 Å². The van der Waals surface area contributed by atoms with Crippen LogP contribution in [0.3, 0.4) is 0 Å². The Kier molecular flexibility index (Phi) is 2.88. The zero-order valence-electron chi connectivity index (χ0n) is 8.44. The molecule has 0 spiro atoms. The fourth-order valence-corrected chi connectivity index (χ4v) is 3.01. The Balaban J connectivity index is 2.32. The van der Waals surface area contributed by atoms with Crippen molar-refractivity contribution in [1.82, 2.24) is 0 Å². The van der Waals surface area contributed by atoms with Crippen molar-refractivity contribution in [1.29, 1.82) is 0 Å². The minimum Gasteiger partial charge on any atom is -0.496 e. The third kappa shape index (κ3) is 1.96. The van der Waals surface area contributed by atoms with Crippen LogP contribution in [-0.2, 0) is 0 Å². The molecule has 2 heterocycles. The van der Waals surface area contributed by atoms with Gasteiger partial charge in [0.1, 0.15) is 5.75 Å². The first-order valence-corrected chi connectivity index (χ1v) is 6.19. The van der Waals surface area contributed by atoms with E-state index in [0.29, 0.717) is 0 Å². The number of methoxy groups -OCH3 is 1. The molecule has 15 heavy (non-hydrogen) atoms. The fourth-order valence-electron chi connectivity index (χ4n) is 1.26. The number of rotatable bonds is 3. The van der Waals surface area contributed by atoms with Crippen LogP contribution in [0.5, 0.6) is 5.75 Å². The first-order valence-electron chi connectivity index (χ1n) is 4.43. The van der Waals surface area contributed by atoms with Crippen LogP contribution < -0.4 is 4.74 Å². The Bertz CT molecular complexity index is 482. The van der Waals surface area contributed by atoms with E-state index in [1.807, 2.05) is 23.8 Å². The minimum absolute atomic E-state index is 0.0933. The molecule has 0 radical (unpaired) electrons. The highest BCUT2D eigenvalue weighted by atomic mass is 32.1.